The number of nitrogens with one attached hydrogen (secondary N) is 1. The Balaban J connectivity index is 2.72. The Bertz CT molecular complexity index is 390. The van der Waals surface area contributed by atoms with Gasteiger partial charge >= 0.3 is 0 Å². The van der Waals surface area contributed by atoms with E-state index in [0.717, 1.165) is 29.7 Å². The standard InChI is InChI=1S/C14H20N2O/c1-4-5-14(10-17-3)16-13-7-6-12(9-15)11(2)8-13/h6-8,14,16H,4-5,10H2,1-3H3. The third-order valence-corrected chi connectivity index (χ3v) is 2.72. The van der Waals surface area contributed by atoms with Crippen LogP contribution in [0.1, 0.15) is 30.9 Å². The van der Waals surface area contributed by atoms with E-state index in [1.54, 1.807) is 7.11 Å². The van der Waals surface area contributed by atoms with Crippen molar-refractivity contribution < 1.29 is 4.74 Å². The van der Waals surface area contributed by atoms with Crippen molar-refractivity contribution >= 4 is 5.69 Å². The first-order valence-electron chi connectivity index (χ1n) is 5.97. The molecule has 0 heterocycles. The molecule has 1 unspecified atom stereocenters. The van der Waals surface area contributed by atoms with E-state index in [9.17, 15) is 0 Å². The number of benzene rings is 1. The first-order chi connectivity index (χ1) is 8.21. The van der Waals surface area contributed by atoms with Gasteiger partial charge < -0.3 is 10.1 Å². The van der Waals surface area contributed by atoms with Crippen molar-refractivity contribution in [2.75, 3.05) is 19.0 Å². The molecule has 1 N–H and O–H groups in total. The van der Waals surface area contributed by atoms with Crippen LogP contribution in [-0.4, -0.2) is 19.8 Å². The average molecular weight is 232 g/mol. The molecule has 0 aromatic heterocycles. The molecule has 1 aromatic rings. The summed E-state index contributed by atoms with van der Waals surface area (Å²) in [6.45, 7) is 4.82. The summed E-state index contributed by atoms with van der Waals surface area (Å²) < 4.78 is 5.19. The maximum absolute atomic E-state index is 8.87. The summed E-state index contributed by atoms with van der Waals surface area (Å²) in [5.74, 6) is 0. The van der Waals surface area contributed by atoms with Gasteiger partial charge in [0.05, 0.1) is 18.2 Å². The van der Waals surface area contributed by atoms with Crippen molar-refractivity contribution in [1.82, 2.24) is 0 Å². The van der Waals surface area contributed by atoms with Gasteiger partial charge in [0.2, 0.25) is 0 Å². The zero-order valence-corrected chi connectivity index (χ0v) is 10.8. The van der Waals surface area contributed by atoms with E-state index < -0.39 is 0 Å². The summed E-state index contributed by atoms with van der Waals surface area (Å²) in [4.78, 5) is 0. The molecular formula is C14H20N2O. The highest BCUT2D eigenvalue weighted by molar-refractivity contribution is 5.52. The lowest BCUT2D eigenvalue weighted by molar-refractivity contribution is 0.182. The van der Waals surface area contributed by atoms with Gasteiger partial charge in [-0.2, -0.15) is 5.26 Å². The summed E-state index contributed by atoms with van der Waals surface area (Å²) in [6, 6.07) is 8.32. The van der Waals surface area contributed by atoms with Crippen molar-refractivity contribution in [2.45, 2.75) is 32.7 Å². The topological polar surface area (TPSA) is 45.0 Å². The lowest BCUT2D eigenvalue weighted by atomic mass is 10.1. The Morgan fingerprint density at radius 1 is 1.47 bits per heavy atom. The maximum atomic E-state index is 8.87. The van der Waals surface area contributed by atoms with Crippen LogP contribution < -0.4 is 5.32 Å². The molecule has 17 heavy (non-hydrogen) atoms. The maximum Gasteiger partial charge on any atom is 0.0994 e. The smallest absolute Gasteiger partial charge is 0.0994 e. The fourth-order valence-electron chi connectivity index (χ4n) is 1.86. The predicted octanol–water partition coefficient (Wildman–Crippen LogP) is 3.09. The van der Waals surface area contributed by atoms with Gasteiger partial charge in [-0.15, -0.1) is 0 Å². The van der Waals surface area contributed by atoms with E-state index >= 15 is 0 Å². The number of hydrogen-bond acceptors (Lipinski definition) is 3. The first kappa shape index (κ1) is 13.5. The Morgan fingerprint density at radius 3 is 2.76 bits per heavy atom. The highest BCUT2D eigenvalue weighted by atomic mass is 16.5. The van der Waals surface area contributed by atoms with Gasteiger partial charge in [-0.1, -0.05) is 13.3 Å². The zero-order chi connectivity index (χ0) is 12.7. The van der Waals surface area contributed by atoms with Crippen LogP contribution >= 0.6 is 0 Å². The van der Waals surface area contributed by atoms with E-state index in [2.05, 4.69) is 18.3 Å². The van der Waals surface area contributed by atoms with Crippen LogP contribution in [0.25, 0.3) is 0 Å². The molecule has 0 bridgehead atoms. The molecule has 0 amide bonds. The molecule has 3 nitrogen and oxygen atoms in total. The lowest BCUT2D eigenvalue weighted by Crippen LogP contribution is -2.24. The molecule has 1 aromatic carbocycles. The SMILES string of the molecule is CCCC(COC)Nc1ccc(C#N)c(C)c1. The van der Waals surface area contributed by atoms with Crippen molar-refractivity contribution in [2.24, 2.45) is 0 Å². The molecule has 0 radical (unpaired) electrons. The van der Waals surface area contributed by atoms with Gasteiger partial charge in [0, 0.05) is 18.8 Å². The van der Waals surface area contributed by atoms with Gasteiger partial charge in [0.25, 0.3) is 0 Å². The van der Waals surface area contributed by atoms with E-state index in [1.807, 2.05) is 25.1 Å². The summed E-state index contributed by atoms with van der Waals surface area (Å²) >= 11 is 0. The molecule has 0 saturated heterocycles. The molecule has 0 aliphatic heterocycles. The van der Waals surface area contributed by atoms with Crippen LogP contribution in [0.3, 0.4) is 0 Å². The van der Waals surface area contributed by atoms with E-state index in [0.29, 0.717) is 12.6 Å². The molecule has 0 aliphatic rings. The van der Waals surface area contributed by atoms with Crippen LogP contribution in [0.15, 0.2) is 18.2 Å². The van der Waals surface area contributed by atoms with Crippen molar-refractivity contribution in [3.63, 3.8) is 0 Å². The molecule has 0 fully saturated rings. The van der Waals surface area contributed by atoms with Crippen LogP contribution in [0.5, 0.6) is 0 Å². The number of methoxy groups -OCH3 is 1. The van der Waals surface area contributed by atoms with Gasteiger partial charge in [0.15, 0.2) is 0 Å². The van der Waals surface area contributed by atoms with Crippen LogP contribution in [0, 0.1) is 18.3 Å². The third kappa shape index (κ3) is 4.08. The summed E-state index contributed by atoms with van der Waals surface area (Å²) in [6.07, 6.45) is 2.20. The minimum Gasteiger partial charge on any atom is -0.383 e. The normalized spacial score (nSPS) is 11.9. The first-order valence-corrected chi connectivity index (χ1v) is 5.97. The highest BCUT2D eigenvalue weighted by Crippen LogP contribution is 2.16. The molecule has 1 rings (SSSR count). The molecular weight excluding hydrogens is 212 g/mol. The third-order valence-electron chi connectivity index (χ3n) is 2.72. The number of nitrogens with zero attached hydrogens (tertiary/aromatic N) is 1. The summed E-state index contributed by atoms with van der Waals surface area (Å²) in [7, 11) is 1.72. The second-order valence-corrected chi connectivity index (χ2v) is 4.23. The number of ether oxygens (including phenoxy) is 1. The summed E-state index contributed by atoms with van der Waals surface area (Å²) in [5.41, 5.74) is 2.79. The number of aryl methyl sites for hydroxylation is 1. The van der Waals surface area contributed by atoms with Crippen molar-refractivity contribution in [1.29, 1.82) is 5.26 Å². The van der Waals surface area contributed by atoms with Crippen LogP contribution in [0.2, 0.25) is 0 Å². The minimum absolute atomic E-state index is 0.331. The lowest BCUT2D eigenvalue weighted by Gasteiger charge is -2.18. The Labute approximate surface area is 103 Å². The monoisotopic (exact) mass is 232 g/mol. The van der Waals surface area contributed by atoms with Crippen molar-refractivity contribution in [3.8, 4) is 6.07 Å². The van der Waals surface area contributed by atoms with Crippen LogP contribution in [-0.2, 0) is 4.74 Å². The Hall–Kier alpha value is -1.53. The molecule has 1 atom stereocenters. The minimum atomic E-state index is 0.331. The molecule has 0 aliphatic carbocycles. The Kier molecular flexibility index (Phi) is 5.51. The second kappa shape index (κ2) is 6.93. The largest absolute Gasteiger partial charge is 0.383 e. The number of rotatable bonds is 6. The van der Waals surface area contributed by atoms with Gasteiger partial charge in [-0.25, -0.2) is 0 Å². The summed E-state index contributed by atoms with van der Waals surface area (Å²) in [5, 5.41) is 12.3. The molecule has 0 saturated carbocycles. The number of anilines is 1. The fraction of sp³-hybridized carbons (Fsp3) is 0.500. The molecule has 3 heteroatoms. The molecule has 0 spiro atoms. The second-order valence-electron chi connectivity index (χ2n) is 4.23. The van der Waals surface area contributed by atoms with Crippen molar-refractivity contribution in [3.05, 3.63) is 29.3 Å². The fourth-order valence-corrected chi connectivity index (χ4v) is 1.86. The van der Waals surface area contributed by atoms with E-state index in [4.69, 9.17) is 10.00 Å². The number of hydrogen-bond donors (Lipinski definition) is 1. The van der Waals surface area contributed by atoms with E-state index in [1.165, 1.54) is 0 Å². The Morgan fingerprint density at radius 2 is 2.24 bits per heavy atom. The predicted molar refractivity (Wildman–Crippen MR) is 70.1 cm³/mol. The number of nitriles is 1. The van der Waals surface area contributed by atoms with Gasteiger partial charge in [-0.3, -0.25) is 0 Å². The molecule has 92 valence electrons. The van der Waals surface area contributed by atoms with E-state index in [-0.39, 0.29) is 0 Å². The van der Waals surface area contributed by atoms with Crippen LogP contribution in [0.4, 0.5) is 5.69 Å². The van der Waals surface area contributed by atoms with Gasteiger partial charge in [-0.05, 0) is 37.1 Å². The average Bonchev–Trinajstić information content (AvgIpc) is 2.30. The quantitative estimate of drug-likeness (QED) is 0.819. The van der Waals surface area contributed by atoms with Gasteiger partial charge in [0.1, 0.15) is 0 Å². The highest BCUT2D eigenvalue weighted by Gasteiger charge is 2.07. The zero-order valence-electron chi connectivity index (χ0n) is 10.8.